The van der Waals surface area contributed by atoms with Gasteiger partial charge in [-0.1, -0.05) is 54.9 Å². The third-order valence-corrected chi connectivity index (χ3v) is 11.0. The summed E-state index contributed by atoms with van der Waals surface area (Å²) in [5.41, 5.74) is -3.52. The number of aromatic nitrogens is 1. The number of ether oxygens (including phenoxy) is 3. The Morgan fingerprint density at radius 1 is 1.08 bits per heavy atom. The van der Waals surface area contributed by atoms with Crippen LogP contribution in [0, 0.1) is 16.7 Å². The smallest absolute Gasteiger partial charge is 0.407 e. The third-order valence-electron chi connectivity index (χ3n) is 9.91. The van der Waals surface area contributed by atoms with Crippen molar-refractivity contribution in [1.82, 2.24) is 25.2 Å². The van der Waals surface area contributed by atoms with Crippen LogP contribution < -0.4 is 24.8 Å². The largest absolute Gasteiger partial charge is 0.497 e. The van der Waals surface area contributed by atoms with E-state index in [0.717, 1.165) is 5.39 Å². The Morgan fingerprint density at radius 2 is 1.77 bits per heavy atom. The van der Waals surface area contributed by atoms with E-state index < -0.39 is 68.9 Å². The molecule has 0 spiro atoms. The number of fused-ring (bicyclic) bond motifs is 1. The molecule has 0 radical (unpaired) electrons. The number of rotatable bonds is 13. The molecule has 4 amide bonds. The lowest BCUT2D eigenvalue weighted by Gasteiger charge is -2.35. The van der Waals surface area contributed by atoms with E-state index in [1.807, 2.05) is 50.6 Å². The standard InChI is InChI=1S/C37H53N5O10S/c1-10-23-19-37(23,32(45)41-53(47,48)52-36(8)14-15-36)40-29(43)27-18-25(51-30-26-12-11-24(49-9)17-22(26)13-16-38-30)20-42(27)31(44)28(35(5,6)7)39-33(46)50-21-34(2,3)4/h11-13,16-17,23,25,27-28H,10,14-15,18-21H2,1-9H3,(H,39,46)(H,40,43)(H,41,45)/t23-,25-,27+,28-,37-/m1/s1. The number of amides is 4. The second kappa shape index (κ2) is 14.6. The fraction of sp³-hybridized carbons (Fsp3) is 0.649. The third kappa shape index (κ3) is 9.50. The molecule has 1 saturated heterocycles. The van der Waals surface area contributed by atoms with Gasteiger partial charge in [-0.15, -0.1) is 0 Å². The monoisotopic (exact) mass is 759 g/mol. The average Bonchev–Trinajstić information content (AvgIpc) is 3.93. The minimum atomic E-state index is -4.45. The van der Waals surface area contributed by atoms with Gasteiger partial charge in [-0.2, -0.15) is 8.42 Å². The van der Waals surface area contributed by atoms with Crippen molar-refractivity contribution in [3.8, 4) is 11.6 Å². The lowest BCUT2D eigenvalue weighted by molar-refractivity contribution is -0.143. The van der Waals surface area contributed by atoms with Gasteiger partial charge in [0.15, 0.2) is 0 Å². The highest BCUT2D eigenvalue weighted by atomic mass is 32.2. The summed E-state index contributed by atoms with van der Waals surface area (Å²) in [7, 11) is -2.88. The van der Waals surface area contributed by atoms with E-state index in [4.69, 9.17) is 18.4 Å². The summed E-state index contributed by atoms with van der Waals surface area (Å²) in [5.74, 6) is -1.54. The van der Waals surface area contributed by atoms with Gasteiger partial charge in [0.1, 0.15) is 29.5 Å². The molecule has 2 saturated carbocycles. The van der Waals surface area contributed by atoms with Gasteiger partial charge in [0.2, 0.25) is 17.7 Å². The number of benzene rings is 1. The van der Waals surface area contributed by atoms with E-state index >= 15 is 0 Å². The molecule has 3 fully saturated rings. The van der Waals surface area contributed by atoms with Gasteiger partial charge in [0.05, 0.1) is 25.9 Å². The number of nitrogens with zero attached hydrogens (tertiary/aromatic N) is 2. The van der Waals surface area contributed by atoms with E-state index in [1.54, 1.807) is 47.1 Å². The maximum Gasteiger partial charge on any atom is 0.407 e. The van der Waals surface area contributed by atoms with Gasteiger partial charge in [0.25, 0.3) is 5.91 Å². The molecule has 5 rings (SSSR count). The average molecular weight is 760 g/mol. The number of carbonyl (C=O) groups is 4. The molecule has 1 aliphatic heterocycles. The highest BCUT2D eigenvalue weighted by molar-refractivity contribution is 7.85. The normalized spacial score (nSPS) is 24.2. The first-order chi connectivity index (χ1) is 24.6. The summed E-state index contributed by atoms with van der Waals surface area (Å²) >= 11 is 0. The van der Waals surface area contributed by atoms with Crippen LogP contribution in [0.4, 0.5) is 4.79 Å². The predicted octanol–water partition coefficient (Wildman–Crippen LogP) is 3.99. The van der Waals surface area contributed by atoms with E-state index in [2.05, 4.69) is 15.6 Å². The van der Waals surface area contributed by atoms with Crippen molar-refractivity contribution in [3.05, 3.63) is 30.5 Å². The zero-order valence-corrected chi connectivity index (χ0v) is 32.8. The summed E-state index contributed by atoms with van der Waals surface area (Å²) in [4.78, 5) is 61.1. The number of methoxy groups -OCH3 is 1. The van der Waals surface area contributed by atoms with Gasteiger partial charge in [-0.3, -0.25) is 14.4 Å². The number of alkyl carbamates (subject to hydrolysis) is 1. The molecule has 2 aliphatic carbocycles. The maximum atomic E-state index is 14.5. The Bertz CT molecular complexity index is 1850. The van der Waals surface area contributed by atoms with Crippen LogP contribution in [0.5, 0.6) is 11.6 Å². The van der Waals surface area contributed by atoms with E-state index in [1.165, 1.54) is 4.90 Å². The Kier molecular flexibility index (Phi) is 11.0. The summed E-state index contributed by atoms with van der Waals surface area (Å²) in [5, 5.41) is 7.03. The number of pyridine rings is 1. The number of hydrogen-bond acceptors (Lipinski definition) is 11. The second-order valence-electron chi connectivity index (χ2n) is 17.0. The van der Waals surface area contributed by atoms with Crippen molar-refractivity contribution >= 4 is 44.9 Å². The molecule has 5 atom stereocenters. The highest BCUT2D eigenvalue weighted by Crippen LogP contribution is 2.47. The molecule has 3 aliphatic rings. The number of likely N-dealkylation sites (tertiary alicyclic amines) is 1. The fourth-order valence-corrected chi connectivity index (χ4v) is 7.65. The maximum absolute atomic E-state index is 14.5. The predicted molar refractivity (Wildman–Crippen MR) is 195 cm³/mol. The minimum Gasteiger partial charge on any atom is -0.497 e. The summed E-state index contributed by atoms with van der Waals surface area (Å²) in [6.07, 6.45) is 1.87. The van der Waals surface area contributed by atoms with Crippen molar-refractivity contribution < 1.29 is 46.0 Å². The van der Waals surface area contributed by atoms with Crippen molar-refractivity contribution in [2.75, 3.05) is 20.3 Å². The lowest BCUT2D eigenvalue weighted by atomic mass is 9.85. The molecule has 53 heavy (non-hydrogen) atoms. The second-order valence-corrected chi connectivity index (χ2v) is 18.2. The van der Waals surface area contributed by atoms with Crippen LogP contribution in [-0.2, 0) is 33.6 Å². The van der Waals surface area contributed by atoms with Gasteiger partial charge < -0.3 is 29.7 Å². The topological polar surface area (TPSA) is 192 Å². The molecule has 292 valence electrons. The Hall–Kier alpha value is -4.18. The zero-order chi connectivity index (χ0) is 39.1. The van der Waals surface area contributed by atoms with Crippen molar-refractivity contribution in [2.45, 2.75) is 117 Å². The first kappa shape index (κ1) is 40.0. The van der Waals surface area contributed by atoms with Crippen LogP contribution in [0.3, 0.4) is 0 Å². The zero-order valence-electron chi connectivity index (χ0n) is 32.0. The Balaban J connectivity index is 1.42. The molecule has 2 aromatic rings. The molecular formula is C37H53N5O10S. The molecule has 3 N–H and O–H groups in total. The van der Waals surface area contributed by atoms with Crippen molar-refractivity contribution in [3.63, 3.8) is 0 Å². The van der Waals surface area contributed by atoms with Crippen LogP contribution in [0.15, 0.2) is 30.5 Å². The van der Waals surface area contributed by atoms with Crippen LogP contribution in [0.2, 0.25) is 0 Å². The molecule has 2 heterocycles. The van der Waals surface area contributed by atoms with E-state index in [-0.39, 0.29) is 37.3 Å². The minimum absolute atomic E-state index is 0.0192. The first-order valence-electron chi connectivity index (χ1n) is 18.0. The van der Waals surface area contributed by atoms with Gasteiger partial charge in [-0.25, -0.2) is 18.7 Å². The summed E-state index contributed by atoms with van der Waals surface area (Å²) in [6.45, 7) is 14.6. The molecule has 0 bridgehead atoms. The highest BCUT2D eigenvalue weighted by Gasteiger charge is 2.62. The van der Waals surface area contributed by atoms with Crippen LogP contribution in [0.1, 0.15) is 87.5 Å². The lowest BCUT2D eigenvalue weighted by Crippen LogP contribution is -2.60. The molecule has 0 unspecified atom stereocenters. The molecule has 16 heteroatoms. The number of hydrogen-bond donors (Lipinski definition) is 3. The SMILES string of the molecule is CC[C@@H]1C[C@]1(NC(=O)[C@@H]1C[C@@H](Oc2nccc3cc(OC)ccc23)CN1C(=O)[C@@H](NC(=O)OCC(C)(C)C)C(C)(C)C)C(=O)NS(=O)(=O)OC1(C)CC1. The summed E-state index contributed by atoms with van der Waals surface area (Å²) in [6, 6.07) is 4.97. The Morgan fingerprint density at radius 3 is 2.36 bits per heavy atom. The quantitative estimate of drug-likeness (QED) is 0.268. The molecule has 1 aromatic heterocycles. The molecular weight excluding hydrogens is 706 g/mol. The molecule has 1 aromatic carbocycles. The van der Waals surface area contributed by atoms with Crippen LogP contribution in [-0.4, -0.2) is 91.7 Å². The van der Waals surface area contributed by atoms with Gasteiger partial charge >= 0.3 is 16.4 Å². The first-order valence-corrected chi connectivity index (χ1v) is 19.4. The number of nitrogens with one attached hydrogen (secondary N) is 3. The fourth-order valence-electron chi connectivity index (χ4n) is 6.50. The van der Waals surface area contributed by atoms with E-state index in [0.29, 0.717) is 36.3 Å². The van der Waals surface area contributed by atoms with E-state index in [9.17, 15) is 27.6 Å². The van der Waals surface area contributed by atoms with Gasteiger partial charge in [-0.05, 0) is 72.6 Å². The van der Waals surface area contributed by atoms with Crippen LogP contribution >= 0.6 is 0 Å². The van der Waals surface area contributed by atoms with Crippen molar-refractivity contribution in [2.24, 2.45) is 16.7 Å². The number of carbonyl (C=O) groups excluding carboxylic acids is 4. The molecule has 15 nitrogen and oxygen atoms in total. The summed E-state index contributed by atoms with van der Waals surface area (Å²) < 4.78 is 49.9. The van der Waals surface area contributed by atoms with Crippen LogP contribution in [0.25, 0.3) is 10.8 Å². The van der Waals surface area contributed by atoms with Gasteiger partial charge in [0, 0.05) is 18.0 Å². The van der Waals surface area contributed by atoms with Crippen molar-refractivity contribution in [1.29, 1.82) is 0 Å². The Labute approximate surface area is 311 Å².